The van der Waals surface area contributed by atoms with E-state index in [1.165, 1.54) is 36.3 Å². The van der Waals surface area contributed by atoms with Crippen LogP contribution in [0.15, 0.2) is 71.5 Å². The fraction of sp³-hybridized carbons (Fsp3) is 0.259. The molecule has 0 unspecified atom stereocenters. The number of carbonyl (C=O) groups excluding carboxylic acids is 2. The lowest BCUT2D eigenvalue weighted by atomic mass is 10.0. The van der Waals surface area contributed by atoms with E-state index in [4.69, 9.17) is 14.3 Å². The third kappa shape index (κ3) is 8.02. The van der Waals surface area contributed by atoms with Gasteiger partial charge in [0.25, 0.3) is 5.91 Å². The van der Waals surface area contributed by atoms with E-state index < -0.39 is 24.5 Å². The molecule has 0 aliphatic rings. The summed E-state index contributed by atoms with van der Waals surface area (Å²) in [5, 5.41) is 23.8. The number of carboxylic acid groups (broad SMARTS) is 1. The van der Waals surface area contributed by atoms with Crippen LogP contribution in [0.25, 0.3) is 0 Å². The number of aliphatic carboxylic acids is 1. The van der Waals surface area contributed by atoms with E-state index in [1.807, 2.05) is 24.3 Å². The molecule has 3 N–H and O–H groups in total. The summed E-state index contributed by atoms with van der Waals surface area (Å²) in [6, 6.07) is 17.3. The van der Waals surface area contributed by atoms with E-state index in [-0.39, 0.29) is 29.2 Å². The number of aryl methyl sites for hydroxylation is 1. The number of carboxylic acids is 1. The number of rotatable bonds is 13. The molecule has 0 aliphatic heterocycles. The van der Waals surface area contributed by atoms with Gasteiger partial charge in [0.05, 0.1) is 17.4 Å². The molecule has 0 spiro atoms. The average molecular weight is 490 g/mol. The number of benzene rings is 2. The molecule has 0 saturated carbocycles. The first-order chi connectivity index (χ1) is 17.5. The van der Waals surface area contributed by atoms with Crippen molar-refractivity contribution in [3.05, 3.63) is 89.4 Å². The van der Waals surface area contributed by atoms with E-state index >= 15 is 0 Å². The Hall–Kier alpha value is -4.58. The topological polar surface area (TPSA) is 142 Å². The van der Waals surface area contributed by atoms with Crippen molar-refractivity contribution in [2.45, 2.75) is 31.7 Å². The zero-order chi connectivity index (χ0) is 25.8. The lowest BCUT2D eigenvalue weighted by Gasteiger charge is -2.19. The minimum absolute atomic E-state index is 0.118. The number of furan rings is 1. The minimum atomic E-state index is -1.16. The summed E-state index contributed by atoms with van der Waals surface area (Å²) >= 11 is 0. The number of carbonyl (C=O) groups is 3. The van der Waals surface area contributed by atoms with Gasteiger partial charge in [-0.1, -0.05) is 36.4 Å². The molecule has 1 aromatic heterocycles. The van der Waals surface area contributed by atoms with Crippen molar-refractivity contribution in [1.29, 1.82) is 5.26 Å². The second-order valence-electron chi connectivity index (χ2n) is 8.10. The molecule has 1 heterocycles. The average Bonchev–Trinajstić information content (AvgIpc) is 3.43. The van der Waals surface area contributed by atoms with Gasteiger partial charge in [-0.05, 0) is 48.6 Å². The maximum atomic E-state index is 13.0. The molecule has 0 radical (unpaired) electrons. The van der Waals surface area contributed by atoms with Crippen molar-refractivity contribution < 1.29 is 28.6 Å². The van der Waals surface area contributed by atoms with E-state index in [0.717, 1.165) is 19.3 Å². The van der Waals surface area contributed by atoms with E-state index in [1.54, 1.807) is 6.07 Å². The fourth-order valence-electron chi connectivity index (χ4n) is 3.57. The quantitative estimate of drug-likeness (QED) is 0.313. The zero-order valence-electron chi connectivity index (χ0n) is 19.6. The highest BCUT2D eigenvalue weighted by atomic mass is 16.5. The maximum absolute atomic E-state index is 13.0. The van der Waals surface area contributed by atoms with Crippen LogP contribution in [0.3, 0.4) is 0 Å². The molecule has 36 heavy (non-hydrogen) atoms. The van der Waals surface area contributed by atoms with Gasteiger partial charge < -0.3 is 24.9 Å². The summed E-state index contributed by atoms with van der Waals surface area (Å²) in [4.78, 5) is 36.3. The Balaban J connectivity index is 1.63. The molecule has 2 amide bonds. The Morgan fingerprint density at radius 2 is 1.86 bits per heavy atom. The van der Waals surface area contributed by atoms with Gasteiger partial charge in [-0.25, -0.2) is 4.79 Å². The first-order valence-electron chi connectivity index (χ1n) is 11.5. The molecular weight excluding hydrogens is 462 g/mol. The summed E-state index contributed by atoms with van der Waals surface area (Å²) in [7, 11) is 0. The van der Waals surface area contributed by atoms with Crippen LogP contribution in [0.5, 0.6) is 5.75 Å². The number of unbranched alkanes of at least 4 members (excludes halogenated alkanes) is 1. The fourth-order valence-corrected chi connectivity index (χ4v) is 3.57. The Labute approximate surface area is 208 Å². The van der Waals surface area contributed by atoms with Crippen LogP contribution in [0.2, 0.25) is 0 Å². The van der Waals surface area contributed by atoms with Crippen molar-refractivity contribution in [3.8, 4) is 11.8 Å². The predicted molar refractivity (Wildman–Crippen MR) is 130 cm³/mol. The predicted octanol–water partition coefficient (Wildman–Crippen LogP) is 3.09. The smallest absolute Gasteiger partial charge is 0.341 e. The second-order valence-corrected chi connectivity index (χ2v) is 8.10. The van der Waals surface area contributed by atoms with Gasteiger partial charge in [-0.2, -0.15) is 5.26 Å². The molecule has 0 aliphatic carbocycles. The van der Waals surface area contributed by atoms with Crippen LogP contribution in [0.4, 0.5) is 0 Å². The monoisotopic (exact) mass is 489 g/mol. The van der Waals surface area contributed by atoms with Crippen LogP contribution in [-0.2, 0) is 22.4 Å². The van der Waals surface area contributed by atoms with Crippen molar-refractivity contribution in [2.75, 3.05) is 13.2 Å². The first kappa shape index (κ1) is 26.0. The highest BCUT2D eigenvalue weighted by molar-refractivity contribution is 5.97. The number of nitrogens with one attached hydrogen (secondary N) is 2. The Bertz CT molecular complexity index is 1200. The Morgan fingerprint density at radius 3 is 2.56 bits per heavy atom. The number of nitriles is 1. The largest absolute Gasteiger partial charge is 0.481 e. The molecule has 0 fully saturated rings. The van der Waals surface area contributed by atoms with Gasteiger partial charge in [-0.15, -0.1) is 0 Å². The van der Waals surface area contributed by atoms with Gasteiger partial charge in [0, 0.05) is 13.0 Å². The third-order valence-electron chi connectivity index (χ3n) is 5.39. The summed E-state index contributed by atoms with van der Waals surface area (Å²) in [5.41, 5.74) is 2.25. The van der Waals surface area contributed by atoms with E-state index in [0.29, 0.717) is 12.1 Å². The van der Waals surface area contributed by atoms with Gasteiger partial charge in [-0.3, -0.25) is 9.59 Å². The van der Waals surface area contributed by atoms with Crippen LogP contribution < -0.4 is 15.4 Å². The van der Waals surface area contributed by atoms with Crippen LogP contribution >= 0.6 is 0 Å². The number of nitrogens with zero attached hydrogens (tertiary/aromatic N) is 1. The molecule has 186 valence electrons. The van der Waals surface area contributed by atoms with Crippen molar-refractivity contribution >= 4 is 17.8 Å². The number of hydrogen-bond acceptors (Lipinski definition) is 6. The molecule has 0 saturated heterocycles. The molecule has 1 atom stereocenters. The third-order valence-corrected chi connectivity index (χ3v) is 5.39. The molecular formula is C27H27N3O6. The highest BCUT2D eigenvalue weighted by Gasteiger charge is 2.23. The lowest BCUT2D eigenvalue weighted by molar-refractivity contribution is -0.139. The Kier molecular flexibility index (Phi) is 9.65. The standard InChI is InChI=1S/C27H27N3O6/c28-16-22-14-20(9-10-24(22)36-18-25(31)32)15-23(30-26(33)21-11-13-35-17-21)27(34)29-12-5-4-8-19-6-2-1-3-7-19/h1-3,6-7,9-11,13-14,17,23H,4-5,8,12,15,18H2,(H,29,34)(H,30,33)(H,31,32)/t23-/m0/s1. The molecule has 3 aromatic rings. The second kappa shape index (κ2) is 13.3. The zero-order valence-corrected chi connectivity index (χ0v) is 19.6. The van der Waals surface area contributed by atoms with Crippen molar-refractivity contribution in [3.63, 3.8) is 0 Å². The van der Waals surface area contributed by atoms with Crippen molar-refractivity contribution in [1.82, 2.24) is 10.6 Å². The minimum Gasteiger partial charge on any atom is -0.481 e. The Morgan fingerprint density at radius 1 is 1.06 bits per heavy atom. The van der Waals surface area contributed by atoms with E-state index in [2.05, 4.69) is 22.8 Å². The van der Waals surface area contributed by atoms with Crippen LogP contribution in [0.1, 0.15) is 39.9 Å². The number of hydrogen-bond donors (Lipinski definition) is 3. The molecule has 2 aromatic carbocycles. The summed E-state index contributed by atoms with van der Waals surface area (Å²) in [6.07, 6.45) is 5.36. The van der Waals surface area contributed by atoms with Crippen molar-refractivity contribution in [2.24, 2.45) is 0 Å². The first-order valence-corrected chi connectivity index (χ1v) is 11.5. The lowest BCUT2D eigenvalue weighted by Crippen LogP contribution is -2.48. The van der Waals surface area contributed by atoms with Gasteiger partial charge in [0.2, 0.25) is 5.91 Å². The molecule has 9 heteroatoms. The van der Waals surface area contributed by atoms with Gasteiger partial charge >= 0.3 is 5.97 Å². The number of amides is 2. The van der Waals surface area contributed by atoms with Gasteiger partial charge in [0.15, 0.2) is 6.61 Å². The summed E-state index contributed by atoms with van der Waals surface area (Å²) in [5.74, 6) is -1.85. The highest BCUT2D eigenvalue weighted by Crippen LogP contribution is 2.20. The summed E-state index contributed by atoms with van der Waals surface area (Å²) < 4.78 is 10.1. The van der Waals surface area contributed by atoms with Crippen LogP contribution in [0, 0.1) is 11.3 Å². The van der Waals surface area contributed by atoms with Crippen LogP contribution in [-0.4, -0.2) is 42.1 Å². The van der Waals surface area contributed by atoms with E-state index in [9.17, 15) is 19.6 Å². The van der Waals surface area contributed by atoms with Gasteiger partial charge in [0.1, 0.15) is 24.1 Å². The molecule has 9 nitrogen and oxygen atoms in total. The maximum Gasteiger partial charge on any atom is 0.341 e. The molecule has 3 rings (SSSR count). The normalized spacial score (nSPS) is 11.2. The summed E-state index contributed by atoms with van der Waals surface area (Å²) in [6.45, 7) is -0.126. The SMILES string of the molecule is N#Cc1cc(C[C@H](NC(=O)c2ccoc2)C(=O)NCCCCc2ccccc2)ccc1OCC(=O)O. The molecule has 0 bridgehead atoms. The number of ether oxygens (including phenoxy) is 1.